The fraction of sp³-hybridized carbons (Fsp3) is 0.875. The van der Waals surface area contributed by atoms with E-state index in [1.54, 1.807) is 0 Å². The highest BCUT2D eigenvalue weighted by molar-refractivity contribution is 7.99. The van der Waals surface area contributed by atoms with Gasteiger partial charge in [0.25, 0.3) is 0 Å². The number of hydrogen-bond donors (Lipinski definition) is 0. The molecule has 1 aliphatic heterocycles. The molecule has 1 rings (SSSR count). The molecule has 1 atom stereocenters. The van der Waals surface area contributed by atoms with Gasteiger partial charge >= 0.3 is 0 Å². The highest BCUT2D eigenvalue weighted by Crippen LogP contribution is 2.13. The molecule has 0 aromatic rings. The van der Waals surface area contributed by atoms with Crippen molar-refractivity contribution in [1.82, 2.24) is 4.90 Å². The van der Waals surface area contributed by atoms with Gasteiger partial charge in [0, 0.05) is 24.6 Å². The number of carbonyl (C=O) groups is 1. The number of carbonyl (C=O) groups excluding carboxylic acids is 1. The second-order valence-corrected chi connectivity index (χ2v) is 4.57. The normalized spacial score (nSPS) is 20.7. The maximum atomic E-state index is 11.5. The Morgan fingerprint density at radius 3 is 2.67 bits per heavy atom. The molecule has 1 heterocycles. The van der Waals surface area contributed by atoms with Crippen LogP contribution < -0.4 is 0 Å². The molecule has 70 valence electrons. The molecule has 0 bridgehead atoms. The zero-order chi connectivity index (χ0) is 8.97. The van der Waals surface area contributed by atoms with Crippen molar-refractivity contribution in [2.75, 3.05) is 24.6 Å². The van der Waals surface area contributed by atoms with E-state index in [4.69, 9.17) is 11.6 Å². The molecule has 1 unspecified atom stereocenters. The summed E-state index contributed by atoms with van der Waals surface area (Å²) >= 11 is 7.75. The fourth-order valence-electron chi connectivity index (χ4n) is 1.16. The Morgan fingerprint density at radius 2 is 2.17 bits per heavy atom. The van der Waals surface area contributed by atoms with E-state index in [0.717, 1.165) is 31.0 Å². The minimum atomic E-state index is -0.312. The molecule has 1 aliphatic rings. The van der Waals surface area contributed by atoms with E-state index in [9.17, 15) is 4.79 Å². The summed E-state index contributed by atoms with van der Waals surface area (Å²) in [5, 5.41) is -0.312. The van der Waals surface area contributed by atoms with Gasteiger partial charge in [0.15, 0.2) is 0 Å². The number of halogens is 1. The van der Waals surface area contributed by atoms with Crippen molar-refractivity contribution in [1.29, 1.82) is 0 Å². The van der Waals surface area contributed by atoms with Crippen LogP contribution in [-0.4, -0.2) is 40.8 Å². The van der Waals surface area contributed by atoms with Gasteiger partial charge in [-0.1, -0.05) is 6.92 Å². The third kappa shape index (κ3) is 2.56. The van der Waals surface area contributed by atoms with E-state index in [1.807, 2.05) is 23.6 Å². The molecule has 1 amide bonds. The summed E-state index contributed by atoms with van der Waals surface area (Å²) in [5.74, 6) is 2.22. The zero-order valence-electron chi connectivity index (χ0n) is 7.25. The molecule has 12 heavy (non-hydrogen) atoms. The van der Waals surface area contributed by atoms with Crippen LogP contribution in [0.25, 0.3) is 0 Å². The van der Waals surface area contributed by atoms with Gasteiger partial charge < -0.3 is 4.90 Å². The van der Waals surface area contributed by atoms with Crippen molar-refractivity contribution in [2.45, 2.75) is 18.7 Å². The standard InChI is InChI=1S/C8H14ClNOS/c1-2-7(9)8(11)10-3-5-12-6-4-10/h7H,2-6H2,1H3. The predicted molar refractivity (Wildman–Crippen MR) is 53.8 cm³/mol. The predicted octanol–water partition coefficient (Wildman–Crippen LogP) is 1.58. The SMILES string of the molecule is CCC(Cl)C(=O)N1CCSCC1. The average molecular weight is 208 g/mol. The maximum Gasteiger partial charge on any atom is 0.240 e. The Kier molecular flexibility index (Phi) is 4.22. The topological polar surface area (TPSA) is 20.3 Å². The van der Waals surface area contributed by atoms with Crippen LogP contribution in [0.2, 0.25) is 0 Å². The van der Waals surface area contributed by atoms with Crippen molar-refractivity contribution in [3.05, 3.63) is 0 Å². The van der Waals surface area contributed by atoms with Crippen LogP contribution in [0.1, 0.15) is 13.3 Å². The second-order valence-electron chi connectivity index (χ2n) is 2.81. The van der Waals surface area contributed by atoms with Gasteiger partial charge in [-0.2, -0.15) is 11.8 Å². The molecule has 2 nitrogen and oxygen atoms in total. The van der Waals surface area contributed by atoms with Crippen LogP contribution >= 0.6 is 23.4 Å². The summed E-state index contributed by atoms with van der Waals surface area (Å²) in [6, 6.07) is 0. The second kappa shape index (κ2) is 4.97. The number of alkyl halides is 1. The molecule has 0 N–H and O–H groups in total. The van der Waals surface area contributed by atoms with Crippen molar-refractivity contribution in [3.8, 4) is 0 Å². The van der Waals surface area contributed by atoms with Crippen LogP contribution in [0.4, 0.5) is 0 Å². The van der Waals surface area contributed by atoms with E-state index in [-0.39, 0.29) is 11.3 Å². The van der Waals surface area contributed by atoms with Gasteiger partial charge in [-0.05, 0) is 6.42 Å². The number of amides is 1. The van der Waals surface area contributed by atoms with Crippen molar-refractivity contribution >= 4 is 29.3 Å². The number of hydrogen-bond acceptors (Lipinski definition) is 2. The van der Waals surface area contributed by atoms with Gasteiger partial charge in [-0.15, -0.1) is 11.6 Å². The highest BCUT2D eigenvalue weighted by Gasteiger charge is 2.21. The lowest BCUT2D eigenvalue weighted by molar-refractivity contribution is -0.130. The summed E-state index contributed by atoms with van der Waals surface area (Å²) in [7, 11) is 0. The first-order valence-electron chi connectivity index (χ1n) is 4.26. The summed E-state index contributed by atoms with van der Waals surface area (Å²) in [5.41, 5.74) is 0. The minimum absolute atomic E-state index is 0.111. The van der Waals surface area contributed by atoms with Gasteiger partial charge in [-0.3, -0.25) is 4.79 Å². The first-order chi connectivity index (χ1) is 5.75. The molecule has 0 saturated carbocycles. The zero-order valence-corrected chi connectivity index (χ0v) is 8.83. The van der Waals surface area contributed by atoms with Gasteiger partial charge in [-0.25, -0.2) is 0 Å². The van der Waals surface area contributed by atoms with Gasteiger partial charge in [0.2, 0.25) is 5.91 Å². The van der Waals surface area contributed by atoms with Crippen LogP contribution in [0.3, 0.4) is 0 Å². The monoisotopic (exact) mass is 207 g/mol. The van der Waals surface area contributed by atoms with Crippen LogP contribution in [0, 0.1) is 0 Å². The molecule has 0 aromatic carbocycles. The molecule has 4 heteroatoms. The molecule has 0 radical (unpaired) electrons. The Balaban J connectivity index is 2.39. The first-order valence-corrected chi connectivity index (χ1v) is 5.85. The van der Waals surface area contributed by atoms with Gasteiger partial charge in [0.1, 0.15) is 5.38 Å². The summed E-state index contributed by atoms with van der Waals surface area (Å²) < 4.78 is 0. The van der Waals surface area contributed by atoms with Crippen molar-refractivity contribution in [2.24, 2.45) is 0 Å². The van der Waals surface area contributed by atoms with E-state index >= 15 is 0 Å². The Bertz CT molecular complexity index is 159. The third-order valence-corrected chi connectivity index (χ3v) is 3.39. The quantitative estimate of drug-likeness (QED) is 0.641. The van der Waals surface area contributed by atoms with E-state index < -0.39 is 0 Å². The molecule has 0 spiro atoms. The molecular weight excluding hydrogens is 194 g/mol. The molecule has 0 aliphatic carbocycles. The molecular formula is C8H14ClNOS. The summed E-state index contributed by atoms with van der Waals surface area (Å²) in [6.07, 6.45) is 0.726. The Labute approximate surface area is 82.6 Å². The first kappa shape index (κ1) is 10.2. The van der Waals surface area contributed by atoms with Crippen LogP contribution in [-0.2, 0) is 4.79 Å². The lowest BCUT2D eigenvalue weighted by Gasteiger charge is -2.27. The highest BCUT2D eigenvalue weighted by atomic mass is 35.5. The molecule has 0 aromatic heterocycles. The van der Waals surface area contributed by atoms with Crippen molar-refractivity contribution in [3.63, 3.8) is 0 Å². The lowest BCUT2D eigenvalue weighted by atomic mass is 10.3. The number of nitrogens with zero attached hydrogens (tertiary/aromatic N) is 1. The number of thioether (sulfide) groups is 1. The van der Waals surface area contributed by atoms with Gasteiger partial charge in [0.05, 0.1) is 0 Å². The molecule has 1 saturated heterocycles. The van der Waals surface area contributed by atoms with E-state index in [0.29, 0.717) is 0 Å². The maximum absolute atomic E-state index is 11.5. The van der Waals surface area contributed by atoms with Crippen molar-refractivity contribution < 1.29 is 4.79 Å². The average Bonchev–Trinajstić information content (AvgIpc) is 2.17. The van der Waals surface area contributed by atoms with E-state index in [2.05, 4.69) is 0 Å². The summed E-state index contributed by atoms with van der Waals surface area (Å²) in [4.78, 5) is 13.4. The largest absolute Gasteiger partial charge is 0.340 e. The fourth-order valence-corrected chi connectivity index (χ4v) is 2.20. The third-order valence-electron chi connectivity index (χ3n) is 1.95. The molecule has 1 fully saturated rings. The Hall–Kier alpha value is 0.110. The Morgan fingerprint density at radius 1 is 1.58 bits per heavy atom. The smallest absolute Gasteiger partial charge is 0.240 e. The lowest BCUT2D eigenvalue weighted by Crippen LogP contribution is -2.41. The van der Waals surface area contributed by atoms with Crippen LogP contribution in [0.15, 0.2) is 0 Å². The number of rotatable bonds is 2. The summed E-state index contributed by atoms with van der Waals surface area (Å²) in [6.45, 7) is 3.67. The van der Waals surface area contributed by atoms with Crippen LogP contribution in [0.5, 0.6) is 0 Å². The van der Waals surface area contributed by atoms with E-state index in [1.165, 1.54) is 0 Å². The minimum Gasteiger partial charge on any atom is -0.340 e.